The number of ether oxygens (including phenoxy) is 1. The molecule has 0 spiro atoms. The van der Waals surface area contributed by atoms with E-state index < -0.39 is 18.0 Å². The van der Waals surface area contributed by atoms with E-state index in [1.165, 1.54) is 0 Å². The van der Waals surface area contributed by atoms with Crippen LogP contribution in [0.25, 0.3) is 0 Å². The third kappa shape index (κ3) is 6.13. The van der Waals surface area contributed by atoms with Crippen molar-refractivity contribution in [2.45, 2.75) is 45.5 Å². The monoisotopic (exact) mass is 282 g/mol. The van der Waals surface area contributed by atoms with Crippen molar-refractivity contribution in [1.29, 1.82) is 0 Å². The fourth-order valence-electron chi connectivity index (χ4n) is 2.00. The average molecular weight is 282 g/mol. The minimum atomic E-state index is -4.29. The van der Waals surface area contributed by atoms with Crippen LogP contribution in [0, 0.1) is 5.92 Å². The Labute approximate surface area is 111 Å². The number of carbonyl (C=O) groups is 1. The van der Waals surface area contributed by atoms with Gasteiger partial charge in [0.1, 0.15) is 5.60 Å². The van der Waals surface area contributed by atoms with Crippen LogP contribution in [0.4, 0.5) is 18.0 Å². The van der Waals surface area contributed by atoms with Crippen molar-refractivity contribution in [3.05, 3.63) is 0 Å². The number of rotatable bonds is 2. The molecule has 0 bridgehead atoms. The van der Waals surface area contributed by atoms with E-state index in [1.54, 1.807) is 20.8 Å². The molecule has 1 N–H and O–H groups in total. The first kappa shape index (κ1) is 16.1. The van der Waals surface area contributed by atoms with E-state index >= 15 is 0 Å². The van der Waals surface area contributed by atoms with Gasteiger partial charge < -0.3 is 10.1 Å². The van der Waals surface area contributed by atoms with Gasteiger partial charge in [-0.05, 0) is 39.5 Å². The lowest BCUT2D eigenvalue weighted by Gasteiger charge is -2.33. The van der Waals surface area contributed by atoms with Crippen molar-refractivity contribution < 1.29 is 22.7 Å². The van der Waals surface area contributed by atoms with Gasteiger partial charge in [-0.15, -0.1) is 0 Å². The van der Waals surface area contributed by atoms with Gasteiger partial charge in [-0.2, -0.15) is 13.2 Å². The van der Waals surface area contributed by atoms with Gasteiger partial charge in [-0.25, -0.2) is 9.69 Å². The highest BCUT2D eigenvalue weighted by Gasteiger charge is 2.39. The van der Waals surface area contributed by atoms with Crippen LogP contribution in [0.1, 0.15) is 33.6 Å². The molecule has 0 aromatic heterocycles. The number of halogens is 3. The molecule has 1 atom stereocenters. The molecular weight excluding hydrogens is 261 g/mol. The molecule has 0 aromatic carbocycles. The Morgan fingerprint density at radius 2 is 2.00 bits per heavy atom. The number of carbonyl (C=O) groups excluding carboxylic acids is 1. The summed E-state index contributed by atoms with van der Waals surface area (Å²) in [5, 5.41) is 2.53. The molecule has 4 nitrogen and oxygen atoms in total. The normalized spacial score (nSPS) is 22.1. The van der Waals surface area contributed by atoms with E-state index in [4.69, 9.17) is 4.74 Å². The molecule has 19 heavy (non-hydrogen) atoms. The standard InChI is InChI=1S/C12H21F3N2O2/c1-11(2,3)19-10(18)16-7-9-5-4-6-17(8-9)12(13,14)15/h9H,4-8H2,1-3H3,(H,16,18)/t9-/m0/s1. The highest BCUT2D eigenvalue weighted by molar-refractivity contribution is 5.67. The van der Waals surface area contributed by atoms with Gasteiger partial charge in [0.25, 0.3) is 0 Å². The van der Waals surface area contributed by atoms with Crippen molar-refractivity contribution in [3.8, 4) is 0 Å². The Morgan fingerprint density at radius 1 is 1.37 bits per heavy atom. The number of nitrogens with one attached hydrogen (secondary N) is 1. The van der Waals surface area contributed by atoms with Crippen molar-refractivity contribution in [1.82, 2.24) is 10.2 Å². The van der Waals surface area contributed by atoms with Gasteiger partial charge >= 0.3 is 12.4 Å². The maximum atomic E-state index is 12.5. The first-order valence-electron chi connectivity index (χ1n) is 6.36. The lowest BCUT2D eigenvalue weighted by atomic mass is 9.98. The molecule has 1 amide bonds. The van der Waals surface area contributed by atoms with Gasteiger partial charge in [0, 0.05) is 19.6 Å². The fraction of sp³-hybridized carbons (Fsp3) is 0.917. The zero-order valence-corrected chi connectivity index (χ0v) is 11.5. The molecule has 1 rings (SSSR count). The molecular formula is C12H21F3N2O2. The van der Waals surface area contributed by atoms with Crippen LogP contribution < -0.4 is 5.32 Å². The SMILES string of the molecule is CC(C)(C)OC(=O)NC[C@@H]1CCCN(C(F)(F)F)C1. The van der Waals surface area contributed by atoms with Crippen molar-refractivity contribution in [2.24, 2.45) is 5.92 Å². The summed E-state index contributed by atoms with van der Waals surface area (Å²) in [6, 6.07) is 0. The van der Waals surface area contributed by atoms with Crippen LogP contribution in [0.15, 0.2) is 0 Å². The van der Waals surface area contributed by atoms with Crippen LogP contribution in [0.5, 0.6) is 0 Å². The zero-order chi connectivity index (χ0) is 14.7. The molecule has 1 fully saturated rings. The minimum absolute atomic E-state index is 0.0342. The second kappa shape index (κ2) is 5.98. The van der Waals surface area contributed by atoms with Crippen LogP contribution >= 0.6 is 0 Å². The first-order chi connectivity index (χ1) is 8.58. The van der Waals surface area contributed by atoms with E-state index in [0.717, 1.165) is 0 Å². The molecule has 0 unspecified atom stereocenters. The Hall–Kier alpha value is -0.980. The Kier molecular flexibility index (Phi) is 5.06. The quantitative estimate of drug-likeness (QED) is 0.792. The molecule has 0 aromatic rings. The maximum Gasteiger partial charge on any atom is 0.459 e. The van der Waals surface area contributed by atoms with Crippen LogP contribution in [0.2, 0.25) is 0 Å². The summed E-state index contributed by atoms with van der Waals surface area (Å²) in [5.74, 6) is -0.192. The predicted molar refractivity (Wildman–Crippen MR) is 64.6 cm³/mol. The summed E-state index contributed by atoms with van der Waals surface area (Å²) in [4.78, 5) is 11.9. The van der Waals surface area contributed by atoms with E-state index in [9.17, 15) is 18.0 Å². The lowest BCUT2D eigenvalue weighted by molar-refractivity contribution is -0.253. The summed E-state index contributed by atoms with van der Waals surface area (Å²) >= 11 is 0. The van der Waals surface area contributed by atoms with E-state index in [0.29, 0.717) is 17.7 Å². The van der Waals surface area contributed by atoms with Crippen molar-refractivity contribution >= 4 is 6.09 Å². The number of piperidine rings is 1. The predicted octanol–water partition coefficient (Wildman–Crippen LogP) is 2.74. The zero-order valence-electron chi connectivity index (χ0n) is 11.5. The number of alkyl halides is 3. The summed E-state index contributed by atoms with van der Waals surface area (Å²) in [5.41, 5.74) is -0.603. The van der Waals surface area contributed by atoms with E-state index in [1.807, 2.05) is 0 Å². The van der Waals surface area contributed by atoms with E-state index in [2.05, 4.69) is 5.32 Å². The number of hydrogen-bond donors (Lipinski definition) is 1. The molecule has 1 saturated heterocycles. The van der Waals surface area contributed by atoms with Gasteiger partial charge in [-0.1, -0.05) is 0 Å². The molecule has 0 saturated carbocycles. The fourth-order valence-corrected chi connectivity index (χ4v) is 2.00. The third-order valence-electron chi connectivity index (χ3n) is 2.81. The maximum absolute atomic E-state index is 12.5. The van der Waals surface area contributed by atoms with Crippen LogP contribution in [0.3, 0.4) is 0 Å². The second-order valence-electron chi connectivity index (χ2n) is 5.80. The van der Waals surface area contributed by atoms with Crippen molar-refractivity contribution in [3.63, 3.8) is 0 Å². The molecule has 1 heterocycles. The molecule has 7 heteroatoms. The Balaban J connectivity index is 2.35. The molecule has 1 aliphatic heterocycles. The molecule has 1 aliphatic rings. The lowest BCUT2D eigenvalue weighted by Crippen LogP contribution is -2.47. The summed E-state index contributed by atoms with van der Waals surface area (Å²) in [6.45, 7) is 5.38. The van der Waals surface area contributed by atoms with Crippen LogP contribution in [-0.4, -0.2) is 42.5 Å². The number of alkyl carbamates (subject to hydrolysis) is 1. The van der Waals surface area contributed by atoms with Crippen molar-refractivity contribution in [2.75, 3.05) is 19.6 Å². The van der Waals surface area contributed by atoms with E-state index in [-0.39, 0.29) is 25.6 Å². The molecule has 0 aliphatic carbocycles. The third-order valence-corrected chi connectivity index (χ3v) is 2.81. The molecule has 0 radical (unpaired) electrons. The highest BCUT2D eigenvalue weighted by atomic mass is 19.4. The largest absolute Gasteiger partial charge is 0.459 e. The number of nitrogens with zero attached hydrogens (tertiary/aromatic N) is 1. The minimum Gasteiger partial charge on any atom is -0.444 e. The van der Waals surface area contributed by atoms with Gasteiger partial charge in [0.05, 0.1) is 0 Å². The number of amides is 1. The number of likely N-dealkylation sites (tertiary alicyclic amines) is 1. The van der Waals surface area contributed by atoms with Crippen LogP contribution in [-0.2, 0) is 4.74 Å². The van der Waals surface area contributed by atoms with Gasteiger partial charge in [0.2, 0.25) is 0 Å². The smallest absolute Gasteiger partial charge is 0.444 e. The Morgan fingerprint density at radius 3 is 2.53 bits per heavy atom. The topological polar surface area (TPSA) is 41.6 Å². The summed E-state index contributed by atoms with van der Waals surface area (Å²) < 4.78 is 42.7. The van der Waals surface area contributed by atoms with Gasteiger partial charge in [0.15, 0.2) is 0 Å². The molecule has 112 valence electrons. The highest BCUT2D eigenvalue weighted by Crippen LogP contribution is 2.27. The summed E-state index contributed by atoms with van der Waals surface area (Å²) in [6.07, 6.45) is -3.70. The average Bonchev–Trinajstić information content (AvgIpc) is 2.23. The first-order valence-corrected chi connectivity index (χ1v) is 6.36. The second-order valence-corrected chi connectivity index (χ2v) is 5.80. The summed E-state index contributed by atoms with van der Waals surface area (Å²) in [7, 11) is 0. The number of hydrogen-bond acceptors (Lipinski definition) is 3. The van der Waals surface area contributed by atoms with Gasteiger partial charge in [-0.3, -0.25) is 0 Å². The Bertz CT molecular complexity index is 313.